The van der Waals surface area contributed by atoms with Crippen molar-refractivity contribution in [2.24, 2.45) is 0 Å². The van der Waals surface area contributed by atoms with Crippen molar-refractivity contribution in [1.29, 1.82) is 0 Å². The summed E-state index contributed by atoms with van der Waals surface area (Å²) in [4.78, 5) is 21.8. The number of alkyl halides is 3. The predicted octanol–water partition coefficient (Wildman–Crippen LogP) is 0.350. The number of carbonyl (C=O) groups is 2. The van der Waals surface area contributed by atoms with Crippen LogP contribution in [0.5, 0.6) is 0 Å². The van der Waals surface area contributed by atoms with Crippen molar-refractivity contribution >= 4 is 22.1 Å². The highest BCUT2D eigenvalue weighted by atomic mass is 32.2. The highest BCUT2D eigenvalue weighted by molar-refractivity contribution is 7.87. The molecule has 106 valence electrons. The lowest BCUT2D eigenvalue weighted by Gasteiger charge is -2.07. The van der Waals surface area contributed by atoms with Gasteiger partial charge in [-0.2, -0.15) is 21.6 Å². The van der Waals surface area contributed by atoms with Gasteiger partial charge in [-0.15, -0.1) is 0 Å². The highest BCUT2D eigenvalue weighted by Gasteiger charge is 2.50. The molecule has 0 aromatic carbocycles. The van der Waals surface area contributed by atoms with Gasteiger partial charge in [-0.1, -0.05) is 0 Å². The number of hydrogen-bond donors (Lipinski definition) is 0. The lowest BCUT2D eigenvalue weighted by molar-refractivity contribution is -0.136. The minimum atomic E-state index is -5.98. The van der Waals surface area contributed by atoms with Crippen molar-refractivity contribution in [2.45, 2.75) is 5.51 Å². The van der Waals surface area contributed by atoms with Crippen molar-refractivity contribution in [1.82, 2.24) is 0 Å². The topological polar surface area (TPSA) is 96.0 Å². The van der Waals surface area contributed by atoms with E-state index in [1.807, 2.05) is 0 Å². The summed E-state index contributed by atoms with van der Waals surface area (Å²) in [5, 5.41) is 0. The fraction of sp³-hybridized carbons (Fsp3) is 0.250. The molecule has 1 aliphatic heterocycles. The number of cyclic esters (lactones) is 1. The Hall–Kier alpha value is -2.04. The summed E-state index contributed by atoms with van der Waals surface area (Å²) in [6, 6.07) is 0. The molecule has 0 aliphatic carbocycles. The Morgan fingerprint density at radius 1 is 1.42 bits per heavy atom. The van der Waals surface area contributed by atoms with Crippen LogP contribution < -0.4 is 0 Å². The molecule has 0 saturated heterocycles. The number of esters is 2. The maximum Gasteiger partial charge on any atom is 0.534 e. The van der Waals surface area contributed by atoms with E-state index in [9.17, 15) is 31.2 Å². The number of rotatable bonds is 3. The van der Waals surface area contributed by atoms with Gasteiger partial charge in [0.05, 0.1) is 13.2 Å². The van der Waals surface area contributed by atoms with E-state index in [2.05, 4.69) is 13.7 Å². The standard InChI is InChI=1S/C8H5F3O7S/c1-16-6(12)3-4-2-5(7(13)17-4)18-19(14,15)8(9,10)11/h2-3H,1H3/b4-3-. The Balaban J connectivity index is 2.98. The largest absolute Gasteiger partial charge is 0.534 e. The minimum absolute atomic E-state index is 0.510. The van der Waals surface area contributed by atoms with Crippen molar-refractivity contribution in [3.8, 4) is 0 Å². The summed E-state index contributed by atoms with van der Waals surface area (Å²) in [5.74, 6) is -4.17. The molecule has 0 aromatic rings. The molecule has 0 unspecified atom stereocenters. The summed E-state index contributed by atoms with van der Waals surface area (Å²) >= 11 is 0. The summed E-state index contributed by atoms with van der Waals surface area (Å²) in [5.41, 5.74) is -5.69. The molecule has 11 heteroatoms. The van der Waals surface area contributed by atoms with Crippen LogP contribution in [-0.4, -0.2) is 33.0 Å². The second-order valence-corrected chi connectivity index (χ2v) is 4.49. The monoisotopic (exact) mass is 302 g/mol. The van der Waals surface area contributed by atoms with Crippen LogP contribution >= 0.6 is 0 Å². The molecule has 0 bridgehead atoms. The molecule has 1 aliphatic rings. The predicted molar refractivity (Wildman–Crippen MR) is 50.3 cm³/mol. The van der Waals surface area contributed by atoms with E-state index in [1.54, 1.807) is 0 Å². The summed E-state index contributed by atoms with van der Waals surface area (Å²) in [7, 11) is -4.98. The zero-order valence-electron chi connectivity index (χ0n) is 9.05. The normalized spacial score (nSPS) is 18.0. The van der Waals surface area contributed by atoms with E-state index in [-0.39, 0.29) is 0 Å². The number of methoxy groups -OCH3 is 1. The average Bonchev–Trinajstić information content (AvgIpc) is 2.56. The molecule has 7 nitrogen and oxygen atoms in total. The van der Waals surface area contributed by atoms with Gasteiger partial charge in [-0.25, -0.2) is 9.59 Å². The third-order valence-electron chi connectivity index (χ3n) is 1.63. The first-order chi connectivity index (χ1) is 8.56. The Bertz CT molecular complexity index is 570. The van der Waals surface area contributed by atoms with Gasteiger partial charge in [0.25, 0.3) is 0 Å². The Kier molecular flexibility index (Phi) is 3.88. The second kappa shape index (κ2) is 4.91. The molecule has 0 aromatic heterocycles. The molecule has 19 heavy (non-hydrogen) atoms. The van der Waals surface area contributed by atoms with E-state index in [0.29, 0.717) is 12.2 Å². The highest BCUT2D eigenvalue weighted by Crippen LogP contribution is 2.29. The number of halogens is 3. The maximum atomic E-state index is 12.0. The average molecular weight is 302 g/mol. The maximum absolute atomic E-state index is 12.0. The molecule has 0 spiro atoms. The van der Waals surface area contributed by atoms with Crippen LogP contribution in [0.25, 0.3) is 0 Å². The van der Waals surface area contributed by atoms with Gasteiger partial charge < -0.3 is 13.7 Å². The molecule has 1 heterocycles. The van der Waals surface area contributed by atoms with Crippen molar-refractivity contribution < 1.29 is 44.8 Å². The Labute approximate surface area is 104 Å². The number of allylic oxidation sites excluding steroid dienone is 1. The molecule has 0 saturated carbocycles. The smallest absolute Gasteiger partial charge is 0.466 e. The van der Waals surface area contributed by atoms with Gasteiger partial charge in [-0.3, -0.25) is 0 Å². The van der Waals surface area contributed by atoms with Crippen LogP contribution in [0.1, 0.15) is 0 Å². The van der Waals surface area contributed by atoms with Gasteiger partial charge in [-0.05, 0) is 0 Å². The first kappa shape index (κ1) is 15.0. The first-order valence-electron chi connectivity index (χ1n) is 4.31. The van der Waals surface area contributed by atoms with E-state index < -0.39 is 39.1 Å². The summed E-state index contributed by atoms with van der Waals surface area (Å²) < 4.78 is 69.2. The van der Waals surface area contributed by atoms with E-state index in [0.717, 1.165) is 7.11 Å². The quantitative estimate of drug-likeness (QED) is 0.321. The number of hydrogen-bond acceptors (Lipinski definition) is 7. The van der Waals surface area contributed by atoms with Crippen molar-refractivity contribution in [3.05, 3.63) is 23.7 Å². The zero-order chi connectivity index (χ0) is 14.8. The Morgan fingerprint density at radius 3 is 2.47 bits per heavy atom. The van der Waals surface area contributed by atoms with Gasteiger partial charge in [0.15, 0.2) is 0 Å². The molecule has 0 radical (unpaired) electrons. The van der Waals surface area contributed by atoms with Crippen LogP contribution in [0.15, 0.2) is 23.7 Å². The van der Waals surface area contributed by atoms with Gasteiger partial charge in [0.2, 0.25) is 5.76 Å². The Morgan fingerprint density at radius 2 is 2.00 bits per heavy atom. The molecule has 0 N–H and O–H groups in total. The number of carbonyl (C=O) groups excluding carboxylic acids is 2. The van der Waals surface area contributed by atoms with Crippen LogP contribution in [0.2, 0.25) is 0 Å². The lowest BCUT2D eigenvalue weighted by Crippen LogP contribution is -2.26. The van der Waals surface area contributed by atoms with E-state index in [4.69, 9.17) is 0 Å². The molecular formula is C8H5F3O7S. The molecule has 1 rings (SSSR count). The van der Waals surface area contributed by atoms with Crippen LogP contribution in [0.3, 0.4) is 0 Å². The third kappa shape index (κ3) is 3.47. The van der Waals surface area contributed by atoms with Crippen LogP contribution in [0, 0.1) is 0 Å². The fourth-order valence-corrected chi connectivity index (χ4v) is 1.29. The van der Waals surface area contributed by atoms with Gasteiger partial charge in [0, 0.05) is 6.08 Å². The lowest BCUT2D eigenvalue weighted by atomic mass is 10.4. The summed E-state index contributed by atoms with van der Waals surface area (Å²) in [6.45, 7) is 0. The second-order valence-electron chi connectivity index (χ2n) is 2.95. The first-order valence-corrected chi connectivity index (χ1v) is 5.72. The van der Waals surface area contributed by atoms with Crippen molar-refractivity contribution in [2.75, 3.05) is 7.11 Å². The van der Waals surface area contributed by atoms with Crippen LogP contribution in [-0.2, 0) is 33.4 Å². The molecule has 0 atom stereocenters. The fourth-order valence-electron chi connectivity index (χ4n) is 0.845. The molecular weight excluding hydrogens is 297 g/mol. The zero-order valence-corrected chi connectivity index (χ0v) is 9.87. The van der Waals surface area contributed by atoms with Gasteiger partial charge >= 0.3 is 27.6 Å². The van der Waals surface area contributed by atoms with E-state index in [1.165, 1.54) is 0 Å². The summed E-state index contributed by atoms with van der Waals surface area (Å²) in [6.07, 6.45) is 1.14. The van der Waals surface area contributed by atoms with E-state index >= 15 is 0 Å². The van der Waals surface area contributed by atoms with Crippen molar-refractivity contribution in [3.63, 3.8) is 0 Å². The molecule has 0 amide bonds. The minimum Gasteiger partial charge on any atom is -0.466 e. The number of ether oxygens (including phenoxy) is 2. The molecule has 0 fully saturated rings. The van der Waals surface area contributed by atoms with Gasteiger partial charge in [0.1, 0.15) is 5.76 Å². The van der Waals surface area contributed by atoms with Crippen LogP contribution in [0.4, 0.5) is 13.2 Å². The SMILES string of the molecule is COC(=O)/C=C1/C=C(OS(=O)(=O)C(F)(F)F)C(=O)O1. The third-order valence-corrected chi connectivity index (χ3v) is 2.60.